The first-order chi connectivity index (χ1) is 24.5. The molecule has 1 aliphatic heterocycles. The zero-order chi connectivity index (χ0) is 33.3. The lowest BCUT2D eigenvalue weighted by molar-refractivity contribution is 0.594. The van der Waals surface area contributed by atoms with Crippen molar-refractivity contribution in [2.75, 3.05) is 0 Å². The van der Waals surface area contributed by atoms with Crippen LogP contribution in [0.1, 0.15) is 26.3 Å². The van der Waals surface area contributed by atoms with Gasteiger partial charge in [0, 0.05) is 54.7 Å². The minimum Gasteiger partial charge on any atom is -0.375 e. The fourth-order valence-electron chi connectivity index (χ4n) is 9.28. The molecule has 7 aromatic carbocycles. The Hall–Kier alpha value is -6.00. The lowest BCUT2D eigenvalue weighted by Crippen LogP contribution is -2.55. The molecule has 4 heterocycles. The largest absolute Gasteiger partial charge is 0.375 e. The van der Waals surface area contributed by atoms with Gasteiger partial charge in [-0.05, 0) is 64.4 Å². The van der Waals surface area contributed by atoms with Crippen LogP contribution in [0.5, 0.6) is 0 Å². The smallest absolute Gasteiger partial charge is 0.332 e. The molecule has 0 unspecified atom stereocenters. The number of hydrogen-bond acceptors (Lipinski definition) is 0. The second kappa shape index (κ2) is 9.80. The van der Waals surface area contributed by atoms with E-state index < -0.39 is 0 Å². The zero-order valence-electron chi connectivity index (χ0n) is 28.4. The third-order valence-corrected chi connectivity index (χ3v) is 11.2. The number of benzene rings is 7. The van der Waals surface area contributed by atoms with Crippen LogP contribution in [0.15, 0.2) is 152 Å². The van der Waals surface area contributed by atoms with E-state index in [1.54, 1.807) is 0 Å². The molecule has 0 bridgehead atoms. The Labute approximate surface area is 290 Å². The molecule has 0 radical (unpaired) electrons. The minimum atomic E-state index is -0.0766. The molecule has 0 N–H and O–H groups in total. The van der Waals surface area contributed by atoms with Gasteiger partial charge in [0.2, 0.25) is 0 Å². The SMILES string of the molecule is CC(C)(C)c1ccc2c3ccccc3n3c2c1B(n1c2ccccc2c2ccc4c(c5ccccc5n4-c4ccccc4)c21)c1ccccc1-3. The second-order valence-corrected chi connectivity index (χ2v) is 14.9. The van der Waals surface area contributed by atoms with Gasteiger partial charge in [-0.25, -0.2) is 0 Å². The molecule has 0 fully saturated rings. The summed E-state index contributed by atoms with van der Waals surface area (Å²) in [6.45, 7) is 7.06. The topological polar surface area (TPSA) is 14.8 Å². The maximum absolute atomic E-state index is 2.71. The van der Waals surface area contributed by atoms with Crippen LogP contribution < -0.4 is 10.9 Å². The summed E-state index contributed by atoms with van der Waals surface area (Å²) in [5, 5.41) is 7.76. The van der Waals surface area contributed by atoms with E-state index in [4.69, 9.17) is 0 Å². The third kappa shape index (κ3) is 3.50. The molecule has 3 aromatic heterocycles. The number of para-hydroxylation sites is 5. The van der Waals surface area contributed by atoms with E-state index in [-0.39, 0.29) is 12.3 Å². The standard InChI is InChI=1S/C46H34BN3/c1-46(2,3)35-27-25-33-30-17-7-11-21-37(30)49-40-24-14-10-20-36(40)47(43(35)45(33)49)50-39-23-13-8-18-31(39)32-26-28-41-42(44(32)50)34-19-9-12-22-38(34)48(41)29-15-5-4-6-16-29/h4-28H,1-3H3. The fraction of sp³-hybridized carbons (Fsp3) is 0.0870. The zero-order valence-corrected chi connectivity index (χ0v) is 28.4. The molecule has 0 saturated heterocycles. The Balaban J connectivity index is 1.40. The molecule has 236 valence electrons. The van der Waals surface area contributed by atoms with E-state index in [0.717, 1.165) is 0 Å². The highest BCUT2D eigenvalue weighted by atomic mass is 15.0. The third-order valence-electron chi connectivity index (χ3n) is 11.2. The fourth-order valence-corrected chi connectivity index (χ4v) is 9.28. The molecule has 10 aromatic rings. The minimum absolute atomic E-state index is 0.0484. The molecule has 11 rings (SSSR count). The number of rotatable bonds is 2. The molecule has 3 nitrogen and oxygen atoms in total. The molecule has 0 saturated carbocycles. The van der Waals surface area contributed by atoms with Crippen LogP contribution in [0.25, 0.3) is 76.8 Å². The summed E-state index contributed by atoms with van der Waals surface area (Å²) in [7, 11) is 0. The van der Waals surface area contributed by atoms with Crippen LogP contribution in [0, 0.1) is 0 Å². The highest BCUT2D eigenvalue weighted by molar-refractivity contribution is 6.89. The van der Waals surface area contributed by atoms with Gasteiger partial charge in [-0.15, -0.1) is 0 Å². The molecule has 4 heteroatoms. The van der Waals surface area contributed by atoms with E-state index in [0.29, 0.717) is 0 Å². The molecule has 1 aliphatic rings. The Bertz CT molecular complexity index is 3020. The van der Waals surface area contributed by atoms with Gasteiger partial charge in [-0.2, -0.15) is 0 Å². The van der Waals surface area contributed by atoms with Crippen molar-refractivity contribution in [1.82, 2.24) is 13.6 Å². The van der Waals surface area contributed by atoms with Gasteiger partial charge in [-0.3, -0.25) is 0 Å². The predicted molar refractivity (Wildman–Crippen MR) is 214 cm³/mol. The summed E-state index contributed by atoms with van der Waals surface area (Å²) in [4.78, 5) is 0. The van der Waals surface area contributed by atoms with Crippen LogP contribution >= 0.6 is 0 Å². The average Bonchev–Trinajstić information content (AvgIpc) is 3.78. The van der Waals surface area contributed by atoms with Gasteiger partial charge >= 0.3 is 6.85 Å². The first kappa shape index (κ1) is 27.9. The lowest BCUT2D eigenvalue weighted by Gasteiger charge is -2.33. The van der Waals surface area contributed by atoms with Crippen molar-refractivity contribution in [3.8, 4) is 11.4 Å². The summed E-state index contributed by atoms with van der Waals surface area (Å²) < 4.78 is 7.70. The Morgan fingerprint density at radius 3 is 1.78 bits per heavy atom. The molecule has 50 heavy (non-hydrogen) atoms. The molecule has 0 atom stereocenters. The van der Waals surface area contributed by atoms with Crippen LogP contribution in [0.2, 0.25) is 0 Å². The second-order valence-electron chi connectivity index (χ2n) is 14.9. The molecular weight excluding hydrogens is 605 g/mol. The quantitative estimate of drug-likeness (QED) is 0.167. The lowest BCUT2D eigenvalue weighted by atomic mass is 9.46. The van der Waals surface area contributed by atoms with Gasteiger partial charge in [0.25, 0.3) is 0 Å². The van der Waals surface area contributed by atoms with Crippen molar-refractivity contribution in [1.29, 1.82) is 0 Å². The Kier molecular flexibility index (Phi) is 5.47. The number of hydrogen-bond donors (Lipinski definition) is 0. The van der Waals surface area contributed by atoms with Crippen LogP contribution in [-0.2, 0) is 5.41 Å². The molecule has 0 spiro atoms. The summed E-state index contributed by atoms with van der Waals surface area (Å²) in [5.74, 6) is 0. The van der Waals surface area contributed by atoms with Gasteiger partial charge in [-0.1, -0.05) is 130 Å². The first-order valence-electron chi connectivity index (χ1n) is 17.7. The summed E-state index contributed by atoms with van der Waals surface area (Å²) in [6.07, 6.45) is 0. The average molecular weight is 640 g/mol. The number of nitrogens with zero attached hydrogens (tertiary/aromatic N) is 3. The van der Waals surface area contributed by atoms with Gasteiger partial charge in [0.05, 0.1) is 22.1 Å². The van der Waals surface area contributed by atoms with Crippen LogP contribution in [0.3, 0.4) is 0 Å². The normalized spacial score (nSPS) is 13.1. The van der Waals surface area contributed by atoms with Crippen molar-refractivity contribution in [3.05, 3.63) is 157 Å². The Morgan fingerprint density at radius 2 is 1.02 bits per heavy atom. The van der Waals surface area contributed by atoms with Gasteiger partial charge < -0.3 is 13.6 Å². The van der Waals surface area contributed by atoms with E-state index in [1.165, 1.54) is 93.3 Å². The van der Waals surface area contributed by atoms with Gasteiger partial charge in [0.1, 0.15) is 0 Å². The van der Waals surface area contributed by atoms with E-state index in [9.17, 15) is 0 Å². The summed E-state index contributed by atoms with van der Waals surface area (Å²) in [5.41, 5.74) is 14.0. The number of aromatic nitrogens is 3. The van der Waals surface area contributed by atoms with Crippen LogP contribution in [-0.4, -0.2) is 20.5 Å². The maximum Gasteiger partial charge on any atom is 0.332 e. The van der Waals surface area contributed by atoms with Crippen molar-refractivity contribution in [2.45, 2.75) is 26.2 Å². The monoisotopic (exact) mass is 639 g/mol. The molecule has 0 aliphatic carbocycles. The number of fused-ring (bicyclic) bond motifs is 12. The Morgan fingerprint density at radius 1 is 0.440 bits per heavy atom. The molecular formula is C46H34BN3. The summed E-state index contributed by atoms with van der Waals surface area (Å²) in [6, 6.07) is 56.4. The van der Waals surface area contributed by atoms with Crippen molar-refractivity contribution >= 4 is 83.2 Å². The summed E-state index contributed by atoms with van der Waals surface area (Å²) >= 11 is 0. The van der Waals surface area contributed by atoms with Crippen molar-refractivity contribution < 1.29 is 0 Å². The first-order valence-corrected chi connectivity index (χ1v) is 17.7. The van der Waals surface area contributed by atoms with E-state index in [1.807, 2.05) is 0 Å². The van der Waals surface area contributed by atoms with E-state index >= 15 is 0 Å². The van der Waals surface area contributed by atoms with Crippen molar-refractivity contribution in [2.24, 2.45) is 0 Å². The molecule has 0 amide bonds. The van der Waals surface area contributed by atoms with Crippen LogP contribution in [0.4, 0.5) is 0 Å². The van der Waals surface area contributed by atoms with E-state index in [2.05, 4.69) is 186 Å². The van der Waals surface area contributed by atoms with Gasteiger partial charge in [0.15, 0.2) is 0 Å². The highest BCUT2D eigenvalue weighted by Crippen LogP contribution is 2.43. The highest BCUT2D eigenvalue weighted by Gasteiger charge is 2.40. The predicted octanol–water partition coefficient (Wildman–Crippen LogP) is 10.3. The van der Waals surface area contributed by atoms with Crippen molar-refractivity contribution in [3.63, 3.8) is 0 Å². The maximum atomic E-state index is 2.71.